The SMILES string of the molecule is Cc1cc(NC2CCCNC2=O)ncc1[N+](=O)[O-]. The van der Waals surface area contributed by atoms with Crippen molar-refractivity contribution in [1.82, 2.24) is 10.3 Å². The summed E-state index contributed by atoms with van der Waals surface area (Å²) < 4.78 is 0. The lowest BCUT2D eigenvalue weighted by Gasteiger charge is -2.23. The van der Waals surface area contributed by atoms with Crippen molar-refractivity contribution in [3.63, 3.8) is 0 Å². The Morgan fingerprint density at radius 1 is 1.61 bits per heavy atom. The van der Waals surface area contributed by atoms with Gasteiger partial charge in [-0.2, -0.15) is 0 Å². The van der Waals surface area contributed by atoms with E-state index in [0.717, 1.165) is 12.8 Å². The zero-order chi connectivity index (χ0) is 13.1. The summed E-state index contributed by atoms with van der Waals surface area (Å²) in [6.45, 7) is 2.34. The van der Waals surface area contributed by atoms with E-state index in [9.17, 15) is 14.9 Å². The molecule has 1 aliphatic rings. The van der Waals surface area contributed by atoms with E-state index in [0.29, 0.717) is 17.9 Å². The molecule has 1 aromatic heterocycles. The van der Waals surface area contributed by atoms with Gasteiger partial charge in [-0.1, -0.05) is 0 Å². The van der Waals surface area contributed by atoms with Crippen molar-refractivity contribution in [2.24, 2.45) is 0 Å². The number of nitrogens with one attached hydrogen (secondary N) is 2. The van der Waals surface area contributed by atoms with Crippen molar-refractivity contribution in [2.45, 2.75) is 25.8 Å². The summed E-state index contributed by atoms with van der Waals surface area (Å²) >= 11 is 0. The minimum Gasteiger partial charge on any atom is -0.358 e. The first-order valence-electron chi connectivity index (χ1n) is 5.73. The second-order valence-electron chi connectivity index (χ2n) is 4.24. The van der Waals surface area contributed by atoms with Crippen molar-refractivity contribution < 1.29 is 9.72 Å². The molecule has 1 fully saturated rings. The molecule has 18 heavy (non-hydrogen) atoms. The van der Waals surface area contributed by atoms with Crippen LogP contribution in [0.5, 0.6) is 0 Å². The Balaban J connectivity index is 2.12. The van der Waals surface area contributed by atoms with Crippen LogP contribution in [-0.2, 0) is 4.79 Å². The highest BCUT2D eigenvalue weighted by Crippen LogP contribution is 2.20. The number of hydrogen-bond donors (Lipinski definition) is 2. The lowest BCUT2D eigenvalue weighted by atomic mass is 10.1. The Morgan fingerprint density at radius 2 is 2.39 bits per heavy atom. The van der Waals surface area contributed by atoms with Crippen LogP contribution < -0.4 is 10.6 Å². The number of nitro groups is 1. The van der Waals surface area contributed by atoms with Gasteiger partial charge in [0.05, 0.1) is 4.92 Å². The summed E-state index contributed by atoms with van der Waals surface area (Å²) in [5.74, 6) is 0.430. The molecule has 7 heteroatoms. The largest absolute Gasteiger partial charge is 0.358 e. The second kappa shape index (κ2) is 4.99. The predicted molar refractivity (Wildman–Crippen MR) is 65.3 cm³/mol. The van der Waals surface area contributed by atoms with E-state index in [-0.39, 0.29) is 17.6 Å². The lowest BCUT2D eigenvalue weighted by molar-refractivity contribution is -0.385. The number of carbonyl (C=O) groups is 1. The van der Waals surface area contributed by atoms with Crippen LogP contribution in [-0.4, -0.2) is 28.4 Å². The first-order valence-corrected chi connectivity index (χ1v) is 5.73. The van der Waals surface area contributed by atoms with Gasteiger partial charge in [-0.15, -0.1) is 0 Å². The summed E-state index contributed by atoms with van der Waals surface area (Å²) in [5, 5.41) is 16.4. The molecule has 1 unspecified atom stereocenters. The van der Waals surface area contributed by atoms with Crippen molar-refractivity contribution in [1.29, 1.82) is 0 Å². The summed E-state index contributed by atoms with van der Waals surface area (Å²) in [7, 11) is 0. The third-order valence-corrected chi connectivity index (χ3v) is 2.89. The average Bonchev–Trinajstić information content (AvgIpc) is 2.32. The summed E-state index contributed by atoms with van der Waals surface area (Å²) in [6, 6.07) is 1.27. The van der Waals surface area contributed by atoms with E-state index in [1.54, 1.807) is 13.0 Å². The lowest BCUT2D eigenvalue weighted by Crippen LogP contribution is -2.44. The van der Waals surface area contributed by atoms with Crippen LogP contribution in [0, 0.1) is 17.0 Å². The van der Waals surface area contributed by atoms with E-state index in [2.05, 4.69) is 15.6 Å². The molecular weight excluding hydrogens is 236 g/mol. The van der Waals surface area contributed by atoms with E-state index in [1.165, 1.54) is 6.20 Å². The maximum atomic E-state index is 11.5. The molecule has 0 aromatic carbocycles. The molecule has 0 radical (unpaired) electrons. The molecule has 0 saturated carbocycles. The van der Waals surface area contributed by atoms with Gasteiger partial charge in [0.2, 0.25) is 5.91 Å². The van der Waals surface area contributed by atoms with Crippen LogP contribution in [0.15, 0.2) is 12.3 Å². The van der Waals surface area contributed by atoms with Gasteiger partial charge in [-0.05, 0) is 25.8 Å². The van der Waals surface area contributed by atoms with Crippen LogP contribution >= 0.6 is 0 Å². The normalized spacial score (nSPS) is 19.2. The molecule has 1 saturated heterocycles. The minimum absolute atomic E-state index is 0.0198. The van der Waals surface area contributed by atoms with Crippen molar-refractivity contribution in [3.05, 3.63) is 27.9 Å². The zero-order valence-corrected chi connectivity index (χ0v) is 9.97. The number of aromatic nitrogens is 1. The van der Waals surface area contributed by atoms with Gasteiger partial charge in [-0.3, -0.25) is 14.9 Å². The van der Waals surface area contributed by atoms with E-state index in [1.807, 2.05) is 0 Å². The van der Waals surface area contributed by atoms with E-state index >= 15 is 0 Å². The number of hydrogen-bond acceptors (Lipinski definition) is 5. The molecule has 96 valence electrons. The quantitative estimate of drug-likeness (QED) is 0.615. The standard InChI is InChI=1S/C11H14N4O3/c1-7-5-10(13-6-9(7)15(17)18)14-8-3-2-4-12-11(8)16/h5-6,8H,2-4H2,1H3,(H,12,16)(H,13,14). The van der Waals surface area contributed by atoms with Gasteiger partial charge in [-0.25, -0.2) is 4.98 Å². The molecule has 2 N–H and O–H groups in total. The van der Waals surface area contributed by atoms with Crippen molar-refractivity contribution >= 4 is 17.4 Å². The molecule has 0 aliphatic carbocycles. The smallest absolute Gasteiger partial charge is 0.290 e. The Hall–Kier alpha value is -2.18. The Morgan fingerprint density at radius 3 is 3.00 bits per heavy atom. The Bertz CT molecular complexity index is 489. The topological polar surface area (TPSA) is 97.2 Å². The van der Waals surface area contributed by atoms with Gasteiger partial charge in [0.25, 0.3) is 5.69 Å². The molecule has 2 rings (SSSR count). The highest BCUT2D eigenvalue weighted by atomic mass is 16.6. The average molecular weight is 250 g/mol. The molecule has 1 atom stereocenters. The molecule has 7 nitrogen and oxygen atoms in total. The third-order valence-electron chi connectivity index (χ3n) is 2.89. The van der Waals surface area contributed by atoms with Gasteiger partial charge >= 0.3 is 0 Å². The molecule has 1 aliphatic heterocycles. The van der Waals surface area contributed by atoms with Gasteiger partial charge in [0, 0.05) is 12.1 Å². The number of anilines is 1. The Labute approximate surface area is 104 Å². The molecular formula is C11H14N4O3. The van der Waals surface area contributed by atoms with Gasteiger partial charge < -0.3 is 10.6 Å². The van der Waals surface area contributed by atoms with E-state index in [4.69, 9.17) is 0 Å². The fourth-order valence-electron chi connectivity index (χ4n) is 1.91. The first-order chi connectivity index (χ1) is 8.58. The number of pyridine rings is 1. The number of aryl methyl sites for hydroxylation is 1. The molecule has 0 spiro atoms. The molecule has 2 heterocycles. The predicted octanol–water partition coefficient (Wildman–Crippen LogP) is 0.989. The van der Waals surface area contributed by atoms with Gasteiger partial charge in [0.1, 0.15) is 18.1 Å². The third kappa shape index (κ3) is 2.55. The molecule has 1 aromatic rings. The van der Waals surface area contributed by atoms with Gasteiger partial charge in [0.15, 0.2) is 0 Å². The highest BCUT2D eigenvalue weighted by Gasteiger charge is 2.22. The summed E-state index contributed by atoms with van der Waals surface area (Å²) in [4.78, 5) is 25.7. The number of carbonyl (C=O) groups excluding carboxylic acids is 1. The van der Waals surface area contributed by atoms with Crippen molar-refractivity contribution in [3.8, 4) is 0 Å². The zero-order valence-electron chi connectivity index (χ0n) is 9.97. The van der Waals surface area contributed by atoms with E-state index < -0.39 is 4.92 Å². The number of rotatable bonds is 3. The van der Waals surface area contributed by atoms with Crippen LogP contribution in [0.4, 0.5) is 11.5 Å². The fraction of sp³-hybridized carbons (Fsp3) is 0.455. The number of nitrogens with zero attached hydrogens (tertiary/aromatic N) is 2. The van der Waals surface area contributed by atoms with Crippen LogP contribution in [0.2, 0.25) is 0 Å². The van der Waals surface area contributed by atoms with Crippen molar-refractivity contribution in [2.75, 3.05) is 11.9 Å². The number of piperidine rings is 1. The summed E-state index contributed by atoms with van der Waals surface area (Å²) in [5.41, 5.74) is 0.502. The molecule has 0 bridgehead atoms. The first kappa shape index (κ1) is 12.3. The maximum Gasteiger partial charge on any atom is 0.290 e. The minimum atomic E-state index is -0.473. The fourth-order valence-corrected chi connectivity index (χ4v) is 1.91. The van der Waals surface area contributed by atoms with Crippen LogP contribution in [0.3, 0.4) is 0 Å². The summed E-state index contributed by atoms with van der Waals surface area (Å²) in [6.07, 6.45) is 2.86. The van der Waals surface area contributed by atoms with Crippen LogP contribution in [0.25, 0.3) is 0 Å². The monoisotopic (exact) mass is 250 g/mol. The van der Waals surface area contributed by atoms with Crippen LogP contribution in [0.1, 0.15) is 18.4 Å². The maximum absolute atomic E-state index is 11.5. The number of amides is 1. The Kier molecular flexibility index (Phi) is 3.40. The molecule has 1 amide bonds. The second-order valence-corrected chi connectivity index (χ2v) is 4.24. The highest BCUT2D eigenvalue weighted by molar-refractivity contribution is 5.85.